The average Bonchev–Trinajstić information content (AvgIpc) is 2.69. The normalized spacial score (nSPS) is 11.3. The molecule has 0 amide bonds. The van der Waals surface area contributed by atoms with E-state index in [1.54, 1.807) is 7.05 Å². The number of rotatable bonds is 1. The summed E-state index contributed by atoms with van der Waals surface area (Å²) in [5.41, 5.74) is 0.479. The van der Waals surface area contributed by atoms with Crippen LogP contribution in [0, 0.1) is 11.3 Å². The highest BCUT2D eigenvalue weighted by atomic mass is 19.4. The van der Waals surface area contributed by atoms with Gasteiger partial charge in [-0.25, -0.2) is 0 Å². The van der Waals surface area contributed by atoms with Gasteiger partial charge in [-0.1, -0.05) is 12.1 Å². The Labute approximate surface area is 101 Å². The van der Waals surface area contributed by atoms with Crippen molar-refractivity contribution in [3.63, 3.8) is 0 Å². The lowest BCUT2D eigenvalue weighted by molar-refractivity contribution is -0.137. The minimum absolute atomic E-state index is 0.331. The molecule has 1 heterocycles. The zero-order valence-electron chi connectivity index (χ0n) is 9.36. The molecule has 2 aromatic rings. The number of benzene rings is 1. The van der Waals surface area contributed by atoms with Crippen LogP contribution in [0.3, 0.4) is 0 Å². The van der Waals surface area contributed by atoms with Crippen LogP contribution in [0.5, 0.6) is 0 Å². The third-order valence-corrected chi connectivity index (χ3v) is 2.43. The molecule has 0 aliphatic rings. The molecular weight excluding hydrogens is 243 g/mol. The molecule has 18 heavy (non-hydrogen) atoms. The number of nitrogens with zero attached hydrogens (tertiary/aromatic N) is 3. The minimum atomic E-state index is -4.36. The highest BCUT2D eigenvalue weighted by Crippen LogP contribution is 2.31. The number of hydrogen-bond donors (Lipinski definition) is 0. The van der Waals surface area contributed by atoms with E-state index in [2.05, 4.69) is 5.10 Å². The van der Waals surface area contributed by atoms with E-state index in [0.717, 1.165) is 12.1 Å². The molecule has 1 aromatic heterocycles. The molecule has 0 saturated heterocycles. The van der Waals surface area contributed by atoms with Gasteiger partial charge in [-0.3, -0.25) is 4.68 Å². The monoisotopic (exact) mass is 251 g/mol. The highest BCUT2D eigenvalue weighted by Gasteiger charge is 2.30. The summed E-state index contributed by atoms with van der Waals surface area (Å²) in [4.78, 5) is 0. The van der Waals surface area contributed by atoms with E-state index in [1.165, 1.54) is 23.0 Å². The molecule has 6 heteroatoms. The van der Waals surface area contributed by atoms with Crippen LogP contribution in [-0.4, -0.2) is 9.78 Å². The van der Waals surface area contributed by atoms with Crippen LogP contribution in [0.15, 0.2) is 30.5 Å². The van der Waals surface area contributed by atoms with Crippen LogP contribution in [0.1, 0.15) is 11.1 Å². The van der Waals surface area contributed by atoms with E-state index in [0.29, 0.717) is 16.8 Å². The first kappa shape index (κ1) is 12.2. The zero-order valence-corrected chi connectivity index (χ0v) is 9.36. The van der Waals surface area contributed by atoms with Gasteiger partial charge in [0.1, 0.15) is 11.8 Å². The molecule has 92 valence electrons. The fraction of sp³-hybridized carbons (Fsp3) is 0.167. The number of aryl methyl sites for hydroxylation is 1. The molecule has 0 unspecified atom stereocenters. The van der Waals surface area contributed by atoms with E-state index < -0.39 is 11.7 Å². The summed E-state index contributed by atoms with van der Waals surface area (Å²) in [5.74, 6) is 0. The second-order valence-corrected chi connectivity index (χ2v) is 3.75. The topological polar surface area (TPSA) is 41.6 Å². The molecule has 0 atom stereocenters. The maximum absolute atomic E-state index is 12.4. The van der Waals surface area contributed by atoms with Crippen molar-refractivity contribution < 1.29 is 13.2 Å². The predicted octanol–water partition coefficient (Wildman–Crippen LogP) is 2.98. The Hall–Kier alpha value is -2.29. The van der Waals surface area contributed by atoms with Gasteiger partial charge in [0.25, 0.3) is 0 Å². The molecule has 2 rings (SSSR count). The highest BCUT2D eigenvalue weighted by molar-refractivity contribution is 5.66. The molecule has 0 aliphatic carbocycles. The summed E-state index contributed by atoms with van der Waals surface area (Å²) in [5, 5.41) is 13.0. The Kier molecular flexibility index (Phi) is 2.83. The molecule has 0 radical (unpaired) electrons. The van der Waals surface area contributed by atoms with E-state index in [9.17, 15) is 13.2 Å². The van der Waals surface area contributed by atoms with Gasteiger partial charge in [-0.05, 0) is 12.1 Å². The molecule has 0 saturated carbocycles. The maximum atomic E-state index is 12.4. The van der Waals surface area contributed by atoms with Gasteiger partial charge in [-0.2, -0.15) is 23.5 Å². The molecule has 0 N–H and O–H groups in total. The maximum Gasteiger partial charge on any atom is 0.416 e. The zero-order chi connectivity index (χ0) is 13.3. The van der Waals surface area contributed by atoms with Crippen molar-refractivity contribution in [3.8, 4) is 17.3 Å². The Morgan fingerprint density at radius 3 is 2.33 bits per heavy atom. The molecule has 0 aliphatic heterocycles. The van der Waals surface area contributed by atoms with Crippen molar-refractivity contribution in [1.82, 2.24) is 9.78 Å². The van der Waals surface area contributed by atoms with Crippen LogP contribution in [0.25, 0.3) is 11.3 Å². The average molecular weight is 251 g/mol. The smallest absolute Gasteiger partial charge is 0.274 e. The van der Waals surface area contributed by atoms with Crippen LogP contribution < -0.4 is 0 Å². The second-order valence-electron chi connectivity index (χ2n) is 3.75. The summed E-state index contributed by atoms with van der Waals surface area (Å²) in [6.07, 6.45) is -2.84. The van der Waals surface area contributed by atoms with Gasteiger partial charge in [0.05, 0.1) is 11.1 Å². The summed E-state index contributed by atoms with van der Waals surface area (Å²) in [6, 6.07) is 6.53. The van der Waals surface area contributed by atoms with Crippen molar-refractivity contribution in [2.45, 2.75) is 6.18 Å². The molecule has 0 spiro atoms. The van der Waals surface area contributed by atoms with Crippen LogP contribution >= 0.6 is 0 Å². The molecule has 0 fully saturated rings. The number of nitriles is 1. The predicted molar refractivity (Wildman–Crippen MR) is 58.4 cm³/mol. The number of hydrogen-bond acceptors (Lipinski definition) is 2. The molecule has 0 bridgehead atoms. The Morgan fingerprint density at radius 1 is 1.22 bits per heavy atom. The molecule has 1 aromatic carbocycles. The number of alkyl halides is 3. The second kappa shape index (κ2) is 4.18. The fourth-order valence-corrected chi connectivity index (χ4v) is 1.60. The summed E-state index contributed by atoms with van der Waals surface area (Å²) in [7, 11) is 1.65. The molecular formula is C12H8F3N3. The lowest BCUT2D eigenvalue weighted by Gasteiger charge is -2.06. The summed E-state index contributed by atoms with van der Waals surface area (Å²) < 4.78 is 38.6. The van der Waals surface area contributed by atoms with Crippen LogP contribution in [0.2, 0.25) is 0 Å². The molecule has 3 nitrogen and oxygen atoms in total. The first-order valence-electron chi connectivity index (χ1n) is 5.03. The first-order valence-corrected chi connectivity index (χ1v) is 5.03. The first-order chi connectivity index (χ1) is 8.41. The summed E-state index contributed by atoms with van der Waals surface area (Å²) >= 11 is 0. The van der Waals surface area contributed by atoms with Gasteiger partial charge in [0.2, 0.25) is 0 Å². The van der Waals surface area contributed by atoms with E-state index in [-0.39, 0.29) is 0 Å². The Balaban J connectivity index is 2.44. The Morgan fingerprint density at radius 2 is 1.83 bits per heavy atom. The lowest BCUT2D eigenvalue weighted by atomic mass is 10.1. The summed E-state index contributed by atoms with van der Waals surface area (Å²) in [6.45, 7) is 0. The standard InChI is InChI=1S/C12H8F3N3/c1-18-7-9(6-16)11(17-18)8-2-4-10(5-3-8)12(13,14)15/h2-5,7H,1H3. The van der Waals surface area contributed by atoms with Crippen LogP contribution in [0.4, 0.5) is 13.2 Å². The van der Waals surface area contributed by atoms with Gasteiger partial charge in [0.15, 0.2) is 0 Å². The largest absolute Gasteiger partial charge is 0.416 e. The number of halogens is 3. The van der Waals surface area contributed by atoms with Gasteiger partial charge >= 0.3 is 6.18 Å². The van der Waals surface area contributed by atoms with Crippen molar-refractivity contribution in [2.24, 2.45) is 7.05 Å². The van der Waals surface area contributed by atoms with Crippen LogP contribution in [-0.2, 0) is 13.2 Å². The van der Waals surface area contributed by atoms with Crippen molar-refractivity contribution in [3.05, 3.63) is 41.6 Å². The SMILES string of the molecule is Cn1cc(C#N)c(-c2ccc(C(F)(F)F)cc2)n1. The van der Waals surface area contributed by atoms with Gasteiger partial charge in [-0.15, -0.1) is 0 Å². The number of aromatic nitrogens is 2. The van der Waals surface area contributed by atoms with Gasteiger partial charge in [0, 0.05) is 18.8 Å². The third-order valence-electron chi connectivity index (χ3n) is 2.43. The van der Waals surface area contributed by atoms with Gasteiger partial charge < -0.3 is 0 Å². The van der Waals surface area contributed by atoms with E-state index in [4.69, 9.17) is 5.26 Å². The fourth-order valence-electron chi connectivity index (χ4n) is 1.60. The van der Waals surface area contributed by atoms with E-state index >= 15 is 0 Å². The van der Waals surface area contributed by atoms with Crippen molar-refractivity contribution in [2.75, 3.05) is 0 Å². The quantitative estimate of drug-likeness (QED) is 0.781. The van der Waals surface area contributed by atoms with Crippen molar-refractivity contribution >= 4 is 0 Å². The Bertz CT molecular complexity index is 603. The minimum Gasteiger partial charge on any atom is -0.274 e. The third kappa shape index (κ3) is 2.20. The lowest BCUT2D eigenvalue weighted by Crippen LogP contribution is -2.04. The van der Waals surface area contributed by atoms with Crippen molar-refractivity contribution in [1.29, 1.82) is 5.26 Å². The van der Waals surface area contributed by atoms with E-state index in [1.807, 2.05) is 6.07 Å².